The molecule has 0 aromatic carbocycles. The molecule has 0 radical (unpaired) electrons. The van der Waals surface area contributed by atoms with Crippen LogP contribution in [-0.4, -0.2) is 37.9 Å². The summed E-state index contributed by atoms with van der Waals surface area (Å²) in [6.07, 6.45) is 80.7. The zero-order valence-electron chi connectivity index (χ0n) is 46.5. The van der Waals surface area contributed by atoms with Crippen molar-refractivity contribution in [1.82, 2.24) is 0 Å². The quantitative estimate of drug-likeness (QED) is 0.0345. The third kappa shape index (κ3) is 57.7. The van der Waals surface area contributed by atoms with Gasteiger partial charge >= 0.3 is 11.9 Å². The van der Waals surface area contributed by atoms with Gasteiger partial charge in [0.05, 0.1) is 13.0 Å². The SMILES string of the molecule is CC/C=C\C/C=C\C/C=C\C/C=C\C/C=C\CC(=O)OC(COCCCCCCCCCCCC/C=C\CCCCCCCC)COC(=O)CCCCCCCCCCC/C=C\CCCCCCCC. The number of ether oxygens (including phenoxy) is 3. The minimum absolute atomic E-state index is 0.0428. The fourth-order valence-corrected chi connectivity index (χ4v) is 8.46. The van der Waals surface area contributed by atoms with Crippen LogP contribution in [0.15, 0.2) is 85.1 Å². The number of hydrogen-bond acceptors (Lipinski definition) is 5. The summed E-state index contributed by atoms with van der Waals surface area (Å²) >= 11 is 0. The van der Waals surface area contributed by atoms with Gasteiger partial charge in [-0.25, -0.2) is 0 Å². The zero-order chi connectivity index (χ0) is 50.6. The van der Waals surface area contributed by atoms with Crippen molar-refractivity contribution in [3.8, 4) is 0 Å². The first-order valence-corrected chi connectivity index (χ1v) is 30.1. The van der Waals surface area contributed by atoms with Gasteiger partial charge in [-0.3, -0.25) is 9.59 Å². The highest BCUT2D eigenvalue weighted by Gasteiger charge is 2.17. The van der Waals surface area contributed by atoms with Crippen LogP contribution >= 0.6 is 0 Å². The maximum absolute atomic E-state index is 12.8. The van der Waals surface area contributed by atoms with Gasteiger partial charge in [-0.2, -0.15) is 0 Å². The summed E-state index contributed by atoms with van der Waals surface area (Å²) in [5.41, 5.74) is 0. The van der Waals surface area contributed by atoms with Gasteiger partial charge in [0.25, 0.3) is 0 Å². The van der Waals surface area contributed by atoms with E-state index in [9.17, 15) is 9.59 Å². The maximum atomic E-state index is 12.8. The third-order valence-electron chi connectivity index (χ3n) is 12.9. The topological polar surface area (TPSA) is 61.8 Å². The predicted molar refractivity (Wildman–Crippen MR) is 307 cm³/mol. The van der Waals surface area contributed by atoms with E-state index in [4.69, 9.17) is 14.2 Å². The molecule has 0 bridgehead atoms. The van der Waals surface area contributed by atoms with Crippen LogP contribution < -0.4 is 0 Å². The summed E-state index contributed by atoms with van der Waals surface area (Å²) < 4.78 is 17.4. The average molecular weight is 976 g/mol. The molecule has 0 aromatic rings. The van der Waals surface area contributed by atoms with Crippen LogP contribution in [0.5, 0.6) is 0 Å². The number of unbranched alkanes of at least 4 members (excludes halogenated alkanes) is 31. The molecule has 404 valence electrons. The minimum atomic E-state index is -0.596. The van der Waals surface area contributed by atoms with Crippen LogP contribution in [0.3, 0.4) is 0 Å². The van der Waals surface area contributed by atoms with Gasteiger partial charge in [0.15, 0.2) is 6.10 Å². The number of esters is 2. The predicted octanol–water partition coefficient (Wildman–Crippen LogP) is 20.8. The molecule has 0 aromatic heterocycles. The van der Waals surface area contributed by atoms with Gasteiger partial charge in [0.1, 0.15) is 6.61 Å². The number of allylic oxidation sites excluding steroid dienone is 13. The van der Waals surface area contributed by atoms with E-state index in [0.29, 0.717) is 13.0 Å². The number of carbonyl (C=O) groups excluding carboxylic acids is 2. The van der Waals surface area contributed by atoms with E-state index in [1.807, 2.05) is 12.2 Å². The molecule has 1 unspecified atom stereocenters. The van der Waals surface area contributed by atoms with E-state index < -0.39 is 6.10 Å². The van der Waals surface area contributed by atoms with Crippen LogP contribution in [0.25, 0.3) is 0 Å². The lowest BCUT2D eigenvalue weighted by Gasteiger charge is -2.18. The van der Waals surface area contributed by atoms with E-state index in [2.05, 4.69) is 93.7 Å². The van der Waals surface area contributed by atoms with Crippen LogP contribution in [0.2, 0.25) is 0 Å². The first-order valence-electron chi connectivity index (χ1n) is 30.1. The van der Waals surface area contributed by atoms with Crippen LogP contribution in [0.4, 0.5) is 0 Å². The normalized spacial score (nSPS) is 12.8. The fraction of sp³-hybridized carbons (Fsp3) is 0.754. The molecular formula is C65H114O5. The highest BCUT2D eigenvalue weighted by atomic mass is 16.6. The summed E-state index contributed by atoms with van der Waals surface area (Å²) in [7, 11) is 0. The van der Waals surface area contributed by atoms with Crippen molar-refractivity contribution in [2.45, 2.75) is 297 Å². The molecule has 5 nitrogen and oxygen atoms in total. The molecular weight excluding hydrogens is 861 g/mol. The van der Waals surface area contributed by atoms with Crippen LogP contribution in [0.1, 0.15) is 290 Å². The van der Waals surface area contributed by atoms with Gasteiger partial charge in [-0.1, -0.05) is 266 Å². The Kier molecular flexibility index (Phi) is 57.9. The average Bonchev–Trinajstić information content (AvgIpc) is 3.36. The summed E-state index contributed by atoms with van der Waals surface area (Å²) in [5.74, 6) is -0.538. The summed E-state index contributed by atoms with van der Waals surface area (Å²) in [5, 5.41) is 0. The van der Waals surface area contributed by atoms with Crippen molar-refractivity contribution in [1.29, 1.82) is 0 Å². The van der Waals surface area contributed by atoms with E-state index in [1.165, 1.54) is 193 Å². The van der Waals surface area contributed by atoms with Crippen molar-refractivity contribution in [2.24, 2.45) is 0 Å². The van der Waals surface area contributed by atoms with E-state index in [-0.39, 0.29) is 31.6 Å². The van der Waals surface area contributed by atoms with Gasteiger partial charge in [-0.05, 0) is 96.3 Å². The van der Waals surface area contributed by atoms with E-state index in [0.717, 1.165) is 64.2 Å². The molecule has 0 fully saturated rings. The molecule has 0 saturated heterocycles. The molecule has 70 heavy (non-hydrogen) atoms. The number of carbonyl (C=O) groups is 2. The monoisotopic (exact) mass is 975 g/mol. The van der Waals surface area contributed by atoms with Crippen LogP contribution in [0, 0.1) is 0 Å². The fourth-order valence-electron chi connectivity index (χ4n) is 8.46. The molecule has 0 heterocycles. The molecule has 0 aliphatic rings. The minimum Gasteiger partial charge on any atom is -0.462 e. The Morgan fingerprint density at radius 2 is 0.686 bits per heavy atom. The van der Waals surface area contributed by atoms with Crippen molar-refractivity contribution in [3.63, 3.8) is 0 Å². The number of hydrogen-bond donors (Lipinski definition) is 0. The molecule has 0 rings (SSSR count). The van der Waals surface area contributed by atoms with E-state index in [1.54, 1.807) is 0 Å². The molecule has 0 saturated carbocycles. The Balaban J connectivity index is 4.33. The van der Waals surface area contributed by atoms with Gasteiger partial charge in [0.2, 0.25) is 0 Å². The third-order valence-corrected chi connectivity index (χ3v) is 12.9. The highest BCUT2D eigenvalue weighted by Crippen LogP contribution is 2.15. The number of rotatable bonds is 55. The first kappa shape index (κ1) is 67.1. The molecule has 0 aliphatic carbocycles. The largest absolute Gasteiger partial charge is 0.462 e. The second kappa shape index (κ2) is 60.4. The second-order valence-corrected chi connectivity index (χ2v) is 19.9. The van der Waals surface area contributed by atoms with Gasteiger partial charge in [0, 0.05) is 13.0 Å². The standard InChI is InChI=1S/C65H114O5/c1-4-7-10-13-16-19-22-25-28-30-32-34-36-39-42-45-48-51-54-57-60-68-61-63(70-65(67)59-56-53-50-47-44-41-37-27-24-21-18-15-12-9-6-3)62-69-64(66)58-55-52-49-46-43-40-38-35-33-31-29-26-23-20-17-14-11-8-5-2/h9,12,18,21,25-29,37,44,47,53,56,63H,4-8,10-11,13-17,19-20,22-24,30-36,38-43,45-46,48-52,54-55,57-62H2,1-3H3/b12-9-,21-18-,28-25-,29-26-,37-27-,47-44-,56-53-. The molecule has 0 spiro atoms. The van der Waals surface area contributed by atoms with E-state index >= 15 is 0 Å². The second-order valence-electron chi connectivity index (χ2n) is 19.9. The Morgan fingerprint density at radius 1 is 0.343 bits per heavy atom. The Hall–Kier alpha value is -2.92. The smallest absolute Gasteiger partial charge is 0.310 e. The van der Waals surface area contributed by atoms with Crippen molar-refractivity contribution < 1.29 is 23.8 Å². The highest BCUT2D eigenvalue weighted by molar-refractivity contribution is 5.71. The summed E-state index contributed by atoms with van der Waals surface area (Å²) in [6.45, 7) is 7.63. The molecule has 1 atom stereocenters. The van der Waals surface area contributed by atoms with Gasteiger partial charge < -0.3 is 14.2 Å². The Bertz CT molecular complexity index is 1290. The van der Waals surface area contributed by atoms with Crippen molar-refractivity contribution in [2.75, 3.05) is 19.8 Å². The lowest BCUT2D eigenvalue weighted by Crippen LogP contribution is -2.29. The molecule has 0 N–H and O–H groups in total. The Labute approximate surface area is 435 Å². The van der Waals surface area contributed by atoms with Gasteiger partial charge in [-0.15, -0.1) is 0 Å². The summed E-state index contributed by atoms with van der Waals surface area (Å²) in [4.78, 5) is 25.5. The first-order chi connectivity index (χ1) is 34.6. The molecule has 0 amide bonds. The summed E-state index contributed by atoms with van der Waals surface area (Å²) in [6, 6.07) is 0. The lowest BCUT2D eigenvalue weighted by atomic mass is 10.1. The van der Waals surface area contributed by atoms with Crippen LogP contribution in [-0.2, 0) is 23.8 Å². The maximum Gasteiger partial charge on any atom is 0.310 e. The van der Waals surface area contributed by atoms with Crippen molar-refractivity contribution in [3.05, 3.63) is 85.1 Å². The molecule has 0 aliphatic heterocycles. The molecule has 5 heteroatoms. The van der Waals surface area contributed by atoms with Crippen molar-refractivity contribution >= 4 is 11.9 Å². The lowest BCUT2D eigenvalue weighted by molar-refractivity contribution is -0.162. The Morgan fingerprint density at radius 3 is 1.09 bits per heavy atom. The zero-order valence-corrected chi connectivity index (χ0v) is 46.5.